The molecule has 2 unspecified atom stereocenters. The zero-order valence-electron chi connectivity index (χ0n) is 33.8. The number of hydrogen-bond donors (Lipinski definition) is 5. The lowest BCUT2D eigenvalue weighted by Crippen LogP contribution is -2.52. The summed E-state index contributed by atoms with van der Waals surface area (Å²) in [5, 5.41) is 28.0. The Morgan fingerprint density at radius 3 is 2.36 bits per heavy atom. The second-order valence-electron chi connectivity index (χ2n) is 15.8. The molecule has 3 aliphatic rings. The molecule has 1 amide bonds. The average molecular weight is 823 g/mol. The zero-order valence-corrected chi connectivity index (χ0v) is 33.8. The lowest BCUT2D eigenvalue weighted by Gasteiger charge is -2.43. The van der Waals surface area contributed by atoms with Crippen molar-refractivity contribution in [1.82, 2.24) is 20.5 Å². The number of aromatic amines is 1. The number of nitrogens with one attached hydrogen (secondary N) is 3. The average Bonchev–Trinajstić information content (AvgIpc) is 3.29. The number of pyridine rings is 1. The number of piperidine rings is 3. The van der Waals surface area contributed by atoms with Gasteiger partial charge in [-0.05, 0) is 115 Å². The van der Waals surface area contributed by atoms with Gasteiger partial charge < -0.3 is 40.0 Å². The highest BCUT2D eigenvalue weighted by molar-refractivity contribution is 5.89. The van der Waals surface area contributed by atoms with Crippen molar-refractivity contribution in [1.29, 1.82) is 0 Å². The molecule has 4 heterocycles. The lowest BCUT2D eigenvalue weighted by atomic mass is 9.86. The second-order valence-corrected chi connectivity index (χ2v) is 15.8. The summed E-state index contributed by atoms with van der Waals surface area (Å²) in [5.41, 5.74) is 5.45. The number of ether oxygens (including phenoxy) is 3. The largest absolute Gasteiger partial charge is 0.506 e. The van der Waals surface area contributed by atoms with Crippen LogP contribution < -0.4 is 20.9 Å². The van der Waals surface area contributed by atoms with Gasteiger partial charge in [0, 0.05) is 24.5 Å². The molecule has 0 aliphatic carbocycles. The molecular formula is C49H50N4O8. The van der Waals surface area contributed by atoms with E-state index in [1.54, 1.807) is 30.3 Å². The molecule has 0 spiro atoms. The second kappa shape index (κ2) is 19.3. The maximum atomic E-state index is 13.3. The maximum absolute atomic E-state index is 13.3. The predicted molar refractivity (Wildman–Crippen MR) is 231 cm³/mol. The molecular weight excluding hydrogens is 773 g/mol. The number of aromatic hydroxyl groups is 1. The van der Waals surface area contributed by atoms with Crippen molar-refractivity contribution in [2.45, 2.75) is 50.7 Å². The summed E-state index contributed by atoms with van der Waals surface area (Å²) in [7, 11) is 0. The third kappa shape index (κ3) is 10.5. The van der Waals surface area contributed by atoms with Crippen LogP contribution >= 0.6 is 0 Å². The summed E-state index contributed by atoms with van der Waals surface area (Å²) in [5.74, 6) is 0.530. The standard InChI is InChI=1S/C49H50N4O8/c54-42-17-15-40(41-16-18-45(56)51-47(41)42)43(55)28-50-22-19-32-7-4-8-33(25-32)31-60-48(57)38-13-5-9-34(26-38)30-59-39-14-6-12-37(27-39)46(36-10-2-1-3-11-36)52-49(58)61-44-29-53-23-20-35(44)21-24-53/h1-18,25-27,35,43-44,46,50,54-55H,19-24,28-31H2,(H,51,56)(H,52,58)/t43?,44?,46-/m0/s1. The number of aromatic nitrogens is 1. The number of aliphatic hydroxyl groups is 1. The van der Waals surface area contributed by atoms with Crippen LogP contribution in [-0.4, -0.2) is 71.0 Å². The maximum Gasteiger partial charge on any atom is 0.408 e. The van der Waals surface area contributed by atoms with Gasteiger partial charge in [-0.25, -0.2) is 9.59 Å². The smallest absolute Gasteiger partial charge is 0.408 e. The number of carbonyl (C=O) groups is 2. The van der Waals surface area contributed by atoms with Crippen LogP contribution in [0.4, 0.5) is 4.79 Å². The first-order valence-electron chi connectivity index (χ1n) is 20.8. The summed E-state index contributed by atoms with van der Waals surface area (Å²) in [6.07, 6.45) is 1.42. The molecule has 61 heavy (non-hydrogen) atoms. The molecule has 12 nitrogen and oxygen atoms in total. The normalized spacial score (nSPS) is 18.0. The molecule has 3 fully saturated rings. The number of phenolic OH excluding ortho intramolecular Hbond substituents is 1. The van der Waals surface area contributed by atoms with Gasteiger partial charge >= 0.3 is 12.1 Å². The molecule has 0 radical (unpaired) electrons. The van der Waals surface area contributed by atoms with Crippen LogP contribution in [0.2, 0.25) is 0 Å². The summed E-state index contributed by atoms with van der Waals surface area (Å²) < 4.78 is 17.9. The molecule has 2 bridgehead atoms. The van der Waals surface area contributed by atoms with E-state index < -0.39 is 24.2 Å². The van der Waals surface area contributed by atoms with Crippen LogP contribution in [0.5, 0.6) is 11.5 Å². The van der Waals surface area contributed by atoms with Gasteiger partial charge in [0.25, 0.3) is 0 Å². The number of benzene rings is 5. The van der Waals surface area contributed by atoms with Crippen LogP contribution in [-0.2, 0) is 29.1 Å². The number of aliphatic hydroxyl groups excluding tert-OH is 1. The predicted octanol–water partition coefficient (Wildman–Crippen LogP) is 6.95. The Morgan fingerprint density at radius 2 is 1.56 bits per heavy atom. The van der Waals surface area contributed by atoms with E-state index >= 15 is 0 Å². The highest BCUT2D eigenvalue weighted by Crippen LogP contribution is 2.31. The highest BCUT2D eigenvalue weighted by atomic mass is 16.6. The number of rotatable bonds is 16. The van der Waals surface area contributed by atoms with Gasteiger partial charge in [0.15, 0.2) is 0 Å². The fourth-order valence-electron chi connectivity index (χ4n) is 8.32. The number of fused-ring (bicyclic) bond motifs is 4. The number of nitrogens with zero attached hydrogens (tertiary/aromatic N) is 1. The van der Waals surface area contributed by atoms with E-state index in [1.807, 2.05) is 84.9 Å². The SMILES string of the molecule is O=C(N[C@@H](c1ccccc1)c1cccc(OCc2cccc(C(=O)OCc3cccc(CCNCC(O)c4ccc(O)c5[nH]c(=O)ccc45)c3)c2)c1)OC1CN2CCC1CC2. The number of alkyl carbamates (subject to hydrolysis) is 1. The van der Waals surface area contributed by atoms with E-state index in [9.17, 15) is 24.6 Å². The van der Waals surface area contributed by atoms with Crippen molar-refractivity contribution in [3.05, 3.63) is 177 Å². The van der Waals surface area contributed by atoms with Gasteiger partial charge in [0.05, 0.1) is 23.2 Å². The minimum absolute atomic E-state index is 0.0534. The topological polar surface area (TPSA) is 162 Å². The number of hydrogen-bond acceptors (Lipinski definition) is 10. The Kier molecular flexibility index (Phi) is 13.0. The molecule has 6 aromatic rings. The molecule has 12 heteroatoms. The van der Waals surface area contributed by atoms with Crippen molar-refractivity contribution in [3.8, 4) is 11.5 Å². The molecule has 3 aliphatic heterocycles. The minimum atomic E-state index is -0.852. The Morgan fingerprint density at radius 1 is 0.803 bits per heavy atom. The lowest BCUT2D eigenvalue weighted by molar-refractivity contribution is -0.0336. The molecule has 314 valence electrons. The van der Waals surface area contributed by atoms with E-state index in [-0.39, 0.29) is 37.2 Å². The molecule has 5 aromatic carbocycles. The van der Waals surface area contributed by atoms with Gasteiger partial charge in [0.1, 0.15) is 30.8 Å². The van der Waals surface area contributed by atoms with E-state index in [1.165, 1.54) is 12.1 Å². The van der Waals surface area contributed by atoms with Gasteiger partial charge in [-0.15, -0.1) is 0 Å². The Labute approximate surface area is 354 Å². The molecule has 3 atom stereocenters. The Bertz CT molecular complexity index is 2520. The van der Waals surface area contributed by atoms with Gasteiger partial charge in [-0.2, -0.15) is 0 Å². The third-order valence-corrected chi connectivity index (χ3v) is 11.6. The van der Waals surface area contributed by atoms with Crippen molar-refractivity contribution in [2.75, 3.05) is 32.7 Å². The van der Waals surface area contributed by atoms with Crippen molar-refractivity contribution >= 4 is 23.0 Å². The zero-order chi connectivity index (χ0) is 42.1. The van der Waals surface area contributed by atoms with Gasteiger partial charge in [-0.1, -0.05) is 84.9 Å². The summed E-state index contributed by atoms with van der Waals surface area (Å²) in [6, 6.07) is 38.1. The Hall–Kier alpha value is -6.47. The number of carbonyl (C=O) groups excluding carboxylic acids is 2. The van der Waals surface area contributed by atoms with Crippen LogP contribution in [0.3, 0.4) is 0 Å². The van der Waals surface area contributed by atoms with Crippen molar-refractivity contribution < 1.29 is 34.0 Å². The highest BCUT2D eigenvalue weighted by Gasteiger charge is 2.37. The van der Waals surface area contributed by atoms with Crippen molar-refractivity contribution in [3.63, 3.8) is 0 Å². The van der Waals surface area contributed by atoms with Crippen LogP contribution in [0, 0.1) is 5.92 Å². The van der Waals surface area contributed by atoms with Gasteiger partial charge in [0.2, 0.25) is 5.56 Å². The summed E-state index contributed by atoms with van der Waals surface area (Å²) in [6.45, 7) is 4.11. The first-order chi connectivity index (χ1) is 29.8. The molecule has 5 N–H and O–H groups in total. The van der Waals surface area contributed by atoms with E-state index in [0.717, 1.165) is 60.3 Å². The van der Waals surface area contributed by atoms with Crippen LogP contribution in [0.15, 0.2) is 132 Å². The third-order valence-electron chi connectivity index (χ3n) is 11.6. The minimum Gasteiger partial charge on any atom is -0.506 e. The molecule has 9 rings (SSSR count). The summed E-state index contributed by atoms with van der Waals surface area (Å²) in [4.78, 5) is 43.2. The molecule has 3 saturated heterocycles. The molecule has 1 aromatic heterocycles. The van der Waals surface area contributed by atoms with Crippen LogP contribution in [0.1, 0.15) is 68.7 Å². The van der Waals surface area contributed by atoms with Crippen molar-refractivity contribution in [2.24, 2.45) is 5.92 Å². The fourth-order valence-corrected chi connectivity index (χ4v) is 8.32. The number of amides is 1. The first-order valence-corrected chi connectivity index (χ1v) is 20.8. The van der Waals surface area contributed by atoms with Crippen LogP contribution in [0.25, 0.3) is 10.9 Å². The van der Waals surface area contributed by atoms with Gasteiger partial charge in [-0.3, -0.25) is 9.69 Å². The van der Waals surface area contributed by atoms with E-state index in [2.05, 4.69) is 20.5 Å². The number of H-pyrrole nitrogens is 1. The first kappa shape index (κ1) is 41.3. The summed E-state index contributed by atoms with van der Waals surface area (Å²) >= 11 is 0. The molecule has 0 saturated carbocycles. The fraction of sp³-hybridized carbons (Fsp3) is 0.286. The Balaban J connectivity index is 0.822. The van der Waals surface area contributed by atoms with E-state index in [4.69, 9.17) is 14.2 Å². The monoisotopic (exact) mass is 822 g/mol. The van der Waals surface area contributed by atoms with E-state index in [0.29, 0.717) is 46.7 Å². The number of phenols is 1. The quantitative estimate of drug-likeness (QED) is 0.0511. The number of esters is 1.